The molecule has 1 aromatic heterocycles. The van der Waals surface area contributed by atoms with Crippen LogP contribution in [0, 0.1) is 5.82 Å². The van der Waals surface area contributed by atoms with Crippen LogP contribution in [-0.4, -0.2) is 28.9 Å². The summed E-state index contributed by atoms with van der Waals surface area (Å²) in [6.45, 7) is 0. The van der Waals surface area contributed by atoms with Gasteiger partial charge in [-0.15, -0.1) is 0 Å². The molecule has 1 heterocycles. The zero-order valence-electron chi connectivity index (χ0n) is 13.7. The molecule has 7 nitrogen and oxygen atoms in total. The van der Waals surface area contributed by atoms with Crippen molar-refractivity contribution in [2.75, 3.05) is 17.7 Å². The fourth-order valence-corrected chi connectivity index (χ4v) is 2.25. The quantitative estimate of drug-likeness (QED) is 0.656. The monoisotopic (exact) mass is 354 g/mol. The Morgan fingerprint density at radius 2 is 1.85 bits per heavy atom. The summed E-state index contributed by atoms with van der Waals surface area (Å²) in [5, 5.41) is 5.38. The van der Waals surface area contributed by atoms with Crippen LogP contribution in [0.5, 0.6) is 5.75 Å². The molecule has 0 radical (unpaired) electrons. The second kappa shape index (κ2) is 7.47. The Morgan fingerprint density at radius 3 is 2.50 bits per heavy atom. The smallest absolute Gasteiger partial charge is 0.273 e. The number of aromatic nitrogens is 2. The Bertz CT molecular complexity index is 924. The molecule has 132 valence electrons. The summed E-state index contributed by atoms with van der Waals surface area (Å²) in [4.78, 5) is 30.8. The van der Waals surface area contributed by atoms with E-state index in [0.29, 0.717) is 28.4 Å². The van der Waals surface area contributed by atoms with E-state index in [0.717, 1.165) is 0 Å². The van der Waals surface area contributed by atoms with Crippen molar-refractivity contribution in [2.24, 2.45) is 0 Å². The number of nitrogens with one attached hydrogen (secondary N) is 3. The van der Waals surface area contributed by atoms with Crippen LogP contribution in [0.4, 0.5) is 15.8 Å². The van der Waals surface area contributed by atoms with E-state index in [-0.39, 0.29) is 5.91 Å². The Labute approximate surface area is 148 Å². The van der Waals surface area contributed by atoms with Gasteiger partial charge in [-0.25, -0.2) is 9.37 Å². The molecule has 0 fully saturated rings. The Hall–Kier alpha value is -3.68. The Balaban J connectivity index is 1.75. The first kappa shape index (κ1) is 17.2. The molecule has 8 heteroatoms. The van der Waals surface area contributed by atoms with Crippen molar-refractivity contribution >= 4 is 23.2 Å². The number of nitrogens with zero attached hydrogens (tertiary/aromatic N) is 1. The van der Waals surface area contributed by atoms with Gasteiger partial charge in [0.05, 0.1) is 25.3 Å². The third-order valence-corrected chi connectivity index (χ3v) is 3.56. The SMILES string of the molecule is COc1cc(NC(=O)c2cnc[nH]2)ccc1NC(=O)c1ccc(F)cc1. The second-order valence-corrected chi connectivity index (χ2v) is 5.30. The molecule has 3 N–H and O–H groups in total. The lowest BCUT2D eigenvalue weighted by atomic mass is 10.2. The number of anilines is 2. The van der Waals surface area contributed by atoms with E-state index in [2.05, 4.69) is 20.6 Å². The first-order chi connectivity index (χ1) is 12.6. The van der Waals surface area contributed by atoms with Crippen molar-refractivity contribution in [1.82, 2.24) is 9.97 Å². The van der Waals surface area contributed by atoms with Crippen LogP contribution in [-0.2, 0) is 0 Å². The van der Waals surface area contributed by atoms with E-state index in [4.69, 9.17) is 4.74 Å². The van der Waals surface area contributed by atoms with Crippen molar-refractivity contribution in [2.45, 2.75) is 0 Å². The van der Waals surface area contributed by atoms with Crippen molar-refractivity contribution in [3.05, 3.63) is 72.1 Å². The average molecular weight is 354 g/mol. The van der Waals surface area contributed by atoms with Crippen molar-refractivity contribution in [3.8, 4) is 5.75 Å². The molecule has 3 aromatic rings. The molecule has 3 rings (SSSR count). The lowest BCUT2D eigenvalue weighted by molar-refractivity contribution is 0.101. The summed E-state index contributed by atoms with van der Waals surface area (Å²) in [6.07, 6.45) is 2.81. The van der Waals surface area contributed by atoms with Gasteiger partial charge in [-0.3, -0.25) is 9.59 Å². The van der Waals surface area contributed by atoms with Crippen LogP contribution in [0.2, 0.25) is 0 Å². The standard InChI is InChI=1S/C18H15FN4O3/c1-26-16-8-13(22-18(25)15-9-20-10-21-15)6-7-14(16)23-17(24)11-2-4-12(19)5-3-11/h2-10H,1H3,(H,20,21)(H,22,25)(H,23,24). The Kier molecular flexibility index (Phi) is 4.93. The molecule has 0 atom stereocenters. The summed E-state index contributed by atoms with van der Waals surface area (Å²) in [7, 11) is 1.45. The maximum absolute atomic E-state index is 13.0. The summed E-state index contributed by atoms with van der Waals surface area (Å²) in [5.74, 6) is -0.815. The molecule has 0 unspecified atom stereocenters. The summed E-state index contributed by atoms with van der Waals surface area (Å²) >= 11 is 0. The van der Waals surface area contributed by atoms with Gasteiger partial charge in [-0.2, -0.15) is 0 Å². The molecule has 0 aliphatic heterocycles. The number of rotatable bonds is 5. The van der Waals surface area contributed by atoms with E-state index in [1.54, 1.807) is 18.2 Å². The predicted octanol–water partition coefficient (Wildman–Crippen LogP) is 3.06. The maximum Gasteiger partial charge on any atom is 0.273 e. The van der Waals surface area contributed by atoms with Gasteiger partial charge in [0, 0.05) is 17.3 Å². The van der Waals surface area contributed by atoms with Crippen LogP contribution in [0.1, 0.15) is 20.8 Å². The normalized spacial score (nSPS) is 10.2. The number of benzene rings is 2. The lowest BCUT2D eigenvalue weighted by Crippen LogP contribution is -2.14. The summed E-state index contributed by atoms with van der Waals surface area (Å²) in [6, 6.07) is 9.99. The fourth-order valence-electron chi connectivity index (χ4n) is 2.25. The van der Waals surface area contributed by atoms with Crippen LogP contribution in [0.3, 0.4) is 0 Å². The van der Waals surface area contributed by atoms with E-state index in [1.807, 2.05) is 0 Å². The first-order valence-corrected chi connectivity index (χ1v) is 7.61. The third kappa shape index (κ3) is 3.86. The van der Waals surface area contributed by atoms with Gasteiger partial charge in [-0.1, -0.05) is 0 Å². The third-order valence-electron chi connectivity index (χ3n) is 3.56. The number of ether oxygens (including phenoxy) is 1. The molecule has 0 aliphatic rings. The highest BCUT2D eigenvalue weighted by Gasteiger charge is 2.12. The summed E-state index contributed by atoms with van der Waals surface area (Å²) in [5.41, 5.74) is 1.53. The van der Waals surface area contributed by atoms with E-state index in [1.165, 1.54) is 43.9 Å². The predicted molar refractivity (Wildman–Crippen MR) is 93.9 cm³/mol. The number of hydrogen-bond donors (Lipinski definition) is 3. The first-order valence-electron chi connectivity index (χ1n) is 7.61. The van der Waals surface area contributed by atoms with Crippen molar-refractivity contribution in [3.63, 3.8) is 0 Å². The van der Waals surface area contributed by atoms with Gasteiger partial charge < -0.3 is 20.4 Å². The number of methoxy groups -OCH3 is 1. The van der Waals surface area contributed by atoms with Gasteiger partial charge in [0.2, 0.25) is 0 Å². The summed E-state index contributed by atoms with van der Waals surface area (Å²) < 4.78 is 18.2. The molecule has 0 aliphatic carbocycles. The van der Waals surface area contributed by atoms with Crippen molar-refractivity contribution < 1.29 is 18.7 Å². The lowest BCUT2D eigenvalue weighted by Gasteiger charge is -2.12. The van der Waals surface area contributed by atoms with E-state index >= 15 is 0 Å². The topological polar surface area (TPSA) is 96.1 Å². The molecule has 26 heavy (non-hydrogen) atoms. The van der Waals surface area contributed by atoms with Gasteiger partial charge >= 0.3 is 0 Å². The molecular weight excluding hydrogens is 339 g/mol. The van der Waals surface area contributed by atoms with Gasteiger partial charge in [0.25, 0.3) is 11.8 Å². The largest absolute Gasteiger partial charge is 0.494 e. The highest BCUT2D eigenvalue weighted by Crippen LogP contribution is 2.28. The number of imidazole rings is 1. The van der Waals surface area contributed by atoms with E-state index < -0.39 is 11.7 Å². The van der Waals surface area contributed by atoms with Crippen LogP contribution in [0.15, 0.2) is 55.0 Å². The maximum atomic E-state index is 13.0. The second-order valence-electron chi connectivity index (χ2n) is 5.30. The van der Waals surface area contributed by atoms with Crippen LogP contribution in [0.25, 0.3) is 0 Å². The zero-order valence-corrected chi connectivity index (χ0v) is 13.7. The van der Waals surface area contributed by atoms with Crippen molar-refractivity contribution in [1.29, 1.82) is 0 Å². The number of carbonyl (C=O) groups is 2. The molecule has 2 amide bonds. The molecule has 0 saturated heterocycles. The number of halogens is 1. The molecular formula is C18H15FN4O3. The average Bonchev–Trinajstić information content (AvgIpc) is 3.18. The molecule has 0 spiro atoms. The molecule has 0 bridgehead atoms. The zero-order chi connectivity index (χ0) is 18.5. The van der Waals surface area contributed by atoms with Gasteiger partial charge in [0.1, 0.15) is 17.3 Å². The highest BCUT2D eigenvalue weighted by atomic mass is 19.1. The number of aromatic amines is 1. The van der Waals surface area contributed by atoms with E-state index in [9.17, 15) is 14.0 Å². The fraction of sp³-hybridized carbons (Fsp3) is 0.0556. The molecule has 0 saturated carbocycles. The van der Waals surface area contributed by atoms with Gasteiger partial charge in [0.15, 0.2) is 0 Å². The minimum absolute atomic E-state index is 0.310. The number of carbonyl (C=O) groups excluding carboxylic acids is 2. The number of hydrogen-bond acceptors (Lipinski definition) is 4. The number of H-pyrrole nitrogens is 1. The highest BCUT2D eigenvalue weighted by molar-refractivity contribution is 6.06. The molecule has 2 aromatic carbocycles. The Morgan fingerprint density at radius 1 is 1.08 bits per heavy atom. The van der Waals surface area contributed by atoms with Crippen LogP contribution >= 0.6 is 0 Å². The van der Waals surface area contributed by atoms with Gasteiger partial charge in [-0.05, 0) is 36.4 Å². The minimum atomic E-state index is -0.420. The minimum Gasteiger partial charge on any atom is -0.494 e. The van der Waals surface area contributed by atoms with Crippen LogP contribution < -0.4 is 15.4 Å². The number of amides is 2.